The van der Waals surface area contributed by atoms with Crippen LogP contribution in [0.15, 0.2) is 29.2 Å². The number of carbonyl (C=O) groups excluding carboxylic acids is 2. The molecule has 1 atom stereocenters. The van der Waals surface area contributed by atoms with E-state index in [1.807, 2.05) is 6.26 Å². The van der Waals surface area contributed by atoms with E-state index in [2.05, 4.69) is 14.8 Å². The predicted octanol–water partition coefficient (Wildman–Crippen LogP) is 1.42. The lowest BCUT2D eigenvalue weighted by Gasteiger charge is -2.16. The third-order valence-corrected chi connectivity index (χ3v) is 5.57. The Labute approximate surface area is 156 Å². The zero-order valence-electron chi connectivity index (χ0n) is 14.0. The van der Waals surface area contributed by atoms with Gasteiger partial charge in [-0.25, -0.2) is 17.9 Å². The number of hydrogen-bond acceptors (Lipinski definition) is 6. The fourth-order valence-corrected chi connectivity index (χ4v) is 3.52. The number of carbonyl (C=O) groups is 2. The number of amides is 1. The maximum atomic E-state index is 12.1. The zero-order valence-corrected chi connectivity index (χ0v) is 16.3. The van der Waals surface area contributed by atoms with Crippen molar-refractivity contribution in [2.75, 3.05) is 25.7 Å². The van der Waals surface area contributed by atoms with Gasteiger partial charge in [-0.05, 0) is 42.7 Å². The Morgan fingerprint density at radius 1 is 1.28 bits per heavy atom. The van der Waals surface area contributed by atoms with E-state index in [1.54, 1.807) is 11.8 Å². The molecule has 0 aromatic heterocycles. The minimum atomic E-state index is -3.72. The summed E-state index contributed by atoms with van der Waals surface area (Å²) in [6, 6.07) is 4.95. The summed E-state index contributed by atoms with van der Waals surface area (Å²) in [6.45, 7) is -0.0901. The van der Waals surface area contributed by atoms with Crippen molar-refractivity contribution in [3.63, 3.8) is 0 Å². The van der Waals surface area contributed by atoms with Gasteiger partial charge in [-0.1, -0.05) is 11.6 Å². The number of nitrogens with one attached hydrogen (secondary N) is 2. The number of rotatable bonds is 10. The van der Waals surface area contributed by atoms with Crippen LogP contribution in [0.25, 0.3) is 0 Å². The van der Waals surface area contributed by atoms with Gasteiger partial charge < -0.3 is 10.1 Å². The van der Waals surface area contributed by atoms with Gasteiger partial charge in [0.15, 0.2) is 0 Å². The summed E-state index contributed by atoms with van der Waals surface area (Å²) in [7, 11) is -2.47. The van der Waals surface area contributed by atoms with E-state index >= 15 is 0 Å². The minimum Gasteiger partial charge on any atom is -0.467 e. The van der Waals surface area contributed by atoms with Crippen LogP contribution in [0.3, 0.4) is 0 Å². The molecule has 140 valence electrons. The van der Waals surface area contributed by atoms with Gasteiger partial charge in [-0.15, -0.1) is 0 Å². The molecule has 0 unspecified atom stereocenters. The lowest BCUT2D eigenvalue weighted by Crippen LogP contribution is -2.43. The average molecular weight is 409 g/mol. The van der Waals surface area contributed by atoms with E-state index in [0.717, 1.165) is 0 Å². The molecule has 0 bridgehead atoms. The molecule has 25 heavy (non-hydrogen) atoms. The van der Waals surface area contributed by atoms with Crippen molar-refractivity contribution in [3.05, 3.63) is 29.3 Å². The summed E-state index contributed by atoms with van der Waals surface area (Å²) in [5.74, 6) is -0.275. The lowest BCUT2D eigenvalue weighted by molar-refractivity contribution is -0.145. The normalized spacial score (nSPS) is 12.4. The first kappa shape index (κ1) is 21.8. The number of hydrogen-bond donors (Lipinski definition) is 2. The fraction of sp³-hybridized carbons (Fsp3) is 0.467. The molecule has 7 nitrogen and oxygen atoms in total. The van der Waals surface area contributed by atoms with Crippen LogP contribution >= 0.6 is 23.4 Å². The Kier molecular flexibility index (Phi) is 9.26. The van der Waals surface area contributed by atoms with Crippen LogP contribution in [0.4, 0.5) is 0 Å². The maximum absolute atomic E-state index is 12.1. The van der Waals surface area contributed by atoms with E-state index in [0.29, 0.717) is 17.2 Å². The first-order valence-electron chi connectivity index (χ1n) is 7.41. The van der Waals surface area contributed by atoms with Crippen molar-refractivity contribution >= 4 is 45.3 Å². The minimum absolute atomic E-state index is 0.0599. The topological polar surface area (TPSA) is 102 Å². The van der Waals surface area contributed by atoms with E-state index in [1.165, 1.54) is 31.4 Å². The summed E-state index contributed by atoms with van der Waals surface area (Å²) in [6.07, 6.45) is 2.23. The number of halogens is 1. The molecule has 0 heterocycles. The van der Waals surface area contributed by atoms with Gasteiger partial charge in [0.2, 0.25) is 15.9 Å². The van der Waals surface area contributed by atoms with Crippen molar-refractivity contribution < 1.29 is 22.7 Å². The highest BCUT2D eigenvalue weighted by atomic mass is 35.5. The molecule has 1 rings (SSSR count). The van der Waals surface area contributed by atoms with Crippen LogP contribution in [-0.2, 0) is 24.3 Å². The summed E-state index contributed by atoms with van der Waals surface area (Å²) in [5.41, 5.74) is 0. The number of ether oxygens (including phenoxy) is 1. The van der Waals surface area contributed by atoms with Gasteiger partial charge in [0.1, 0.15) is 6.04 Å². The second-order valence-corrected chi connectivity index (χ2v) is 8.22. The molecule has 0 aliphatic carbocycles. The molecule has 10 heteroatoms. The molecule has 1 aromatic rings. The van der Waals surface area contributed by atoms with E-state index in [4.69, 9.17) is 11.6 Å². The summed E-state index contributed by atoms with van der Waals surface area (Å²) in [5, 5.41) is 2.99. The molecule has 0 aliphatic heterocycles. The molecule has 2 N–H and O–H groups in total. The van der Waals surface area contributed by atoms with Crippen molar-refractivity contribution in [2.45, 2.75) is 23.8 Å². The molecule has 0 aliphatic rings. The van der Waals surface area contributed by atoms with Gasteiger partial charge in [0.05, 0.1) is 12.0 Å². The fourth-order valence-electron chi connectivity index (χ4n) is 1.89. The van der Waals surface area contributed by atoms with Crippen LogP contribution < -0.4 is 10.0 Å². The first-order chi connectivity index (χ1) is 11.8. The van der Waals surface area contributed by atoms with Gasteiger partial charge in [-0.2, -0.15) is 11.8 Å². The van der Waals surface area contributed by atoms with E-state index in [-0.39, 0.29) is 17.9 Å². The molecule has 0 saturated carbocycles. The van der Waals surface area contributed by atoms with Crippen molar-refractivity contribution in [1.29, 1.82) is 0 Å². The number of sulfonamides is 1. The zero-order chi connectivity index (χ0) is 18.9. The third-order valence-electron chi connectivity index (χ3n) is 3.20. The van der Waals surface area contributed by atoms with Crippen LogP contribution in [0, 0.1) is 0 Å². The molecule has 0 fully saturated rings. The number of thioether (sulfide) groups is 1. The van der Waals surface area contributed by atoms with Crippen molar-refractivity contribution in [1.82, 2.24) is 10.0 Å². The number of benzene rings is 1. The lowest BCUT2D eigenvalue weighted by atomic mass is 10.2. The highest BCUT2D eigenvalue weighted by Gasteiger charge is 2.21. The Bertz CT molecular complexity index is 680. The van der Waals surface area contributed by atoms with Gasteiger partial charge in [0, 0.05) is 18.0 Å². The van der Waals surface area contributed by atoms with Crippen LogP contribution in [-0.4, -0.2) is 52.0 Å². The maximum Gasteiger partial charge on any atom is 0.328 e. The molecule has 0 spiro atoms. The van der Waals surface area contributed by atoms with Crippen LogP contribution in [0.5, 0.6) is 0 Å². The number of esters is 1. The van der Waals surface area contributed by atoms with Gasteiger partial charge >= 0.3 is 5.97 Å². The summed E-state index contributed by atoms with van der Waals surface area (Å²) < 4.78 is 31.1. The second kappa shape index (κ2) is 10.6. The largest absolute Gasteiger partial charge is 0.467 e. The molecule has 1 aromatic carbocycles. The Morgan fingerprint density at radius 3 is 2.48 bits per heavy atom. The van der Waals surface area contributed by atoms with E-state index < -0.39 is 27.9 Å². The highest BCUT2D eigenvalue weighted by molar-refractivity contribution is 7.98. The monoisotopic (exact) mass is 408 g/mol. The highest BCUT2D eigenvalue weighted by Crippen LogP contribution is 2.13. The Balaban J connectivity index is 2.52. The van der Waals surface area contributed by atoms with Crippen molar-refractivity contribution in [3.8, 4) is 0 Å². The van der Waals surface area contributed by atoms with Crippen LogP contribution in [0.1, 0.15) is 12.8 Å². The molecule has 1 amide bonds. The standard InChI is InChI=1S/C15H21ClN2O5S2/c1-23-15(20)13(8-10-24-2)18-14(19)7-9-17-25(21,22)12-5-3-11(16)4-6-12/h3-6,13,17H,7-10H2,1-2H3,(H,18,19)/t13-/m0/s1. The van der Waals surface area contributed by atoms with Gasteiger partial charge in [-0.3, -0.25) is 4.79 Å². The summed E-state index contributed by atoms with van der Waals surface area (Å²) >= 11 is 7.27. The smallest absolute Gasteiger partial charge is 0.328 e. The number of methoxy groups -OCH3 is 1. The molecule has 0 saturated heterocycles. The van der Waals surface area contributed by atoms with Crippen LogP contribution in [0.2, 0.25) is 5.02 Å². The predicted molar refractivity (Wildman–Crippen MR) is 98.2 cm³/mol. The van der Waals surface area contributed by atoms with E-state index in [9.17, 15) is 18.0 Å². The van der Waals surface area contributed by atoms with Crippen molar-refractivity contribution in [2.24, 2.45) is 0 Å². The average Bonchev–Trinajstić information content (AvgIpc) is 2.58. The first-order valence-corrected chi connectivity index (χ1v) is 10.7. The SMILES string of the molecule is COC(=O)[C@H](CCSC)NC(=O)CCNS(=O)(=O)c1ccc(Cl)cc1. The Morgan fingerprint density at radius 2 is 1.92 bits per heavy atom. The third kappa shape index (κ3) is 7.64. The second-order valence-electron chi connectivity index (χ2n) is 5.03. The molecular formula is C15H21ClN2O5S2. The Hall–Kier alpha value is -1.29. The van der Waals surface area contributed by atoms with Gasteiger partial charge in [0.25, 0.3) is 0 Å². The summed E-state index contributed by atoms with van der Waals surface area (Å²) in [4.78, 5) is 23.6. The molecule has 0 radical (unpaired) electrons. The molecular weight excluding hydrogens is 388 g/mol. The quantitative estimate of drug-likeness (QED) is 0.568.